The normalized spacial score (nSPS) is 12.7. The van der Waals surface area contributed by atoms with Gasteiger partial charge in [0, 0.05) is 57.7 Å². The molecule has 9 nitrogen and oxygen atoms in total. The van der Waals surface area contributed by atoms with Crippen LogP contribution in [0.2, 0.25) is 0 Å². The van der Waals surface area contributed by atoms with Gasteiger partial charge in [-0.15, -0.1) is 0 Å². The summed E-state index contributed by atoms with van der Waals surface area (Å²) in [7, 11) is -1.59. The van der Waals surface area contributed by atoms with E-state index in [0.717, 1.165) is 11.1 Å². The molecule has 0 saturated heterocycles. The monoisotopic (exact) mass is 500 g/mol. The number of aliphatic hydroxyl groups excluding tert-OH is 1. The molecule has 0 spiro atoms. The quantitative estimate of drug-likeness (QED) is 0.296. The first-order valence-electron chi connectivity index (χ1n) is 10.00. The van der Waals surface area contributed by atoms with Crippen molar-refractivity contribution in [2.24, 2.45) is 11.5 Å². The second kappa shape index (κ2) is 19.1. The Balaban J connectivity index is 0.000000472. The van der Waals surface area contributed by atoms with E-state index in [-0.39, 0.29) is 0 Å². The van der Waals surface area contributed by atoms with Crippen LogP contribution in [0, 0.1) is 0 Å². The summed E-state index contributed by atoms with van der Waals surface area (Å²) in [5.41, 5.74) is 12.8. The summed E-state index contributed by atoms with van der Waals surface area (Å²) in [5.74, 6) is -0.415. The van der Waals surface area contributed by atoms with E-state index < -0.39 is 46.1 Å². The first-order chi connectivity index (χ1) is 15.7. The van der Waals surface area contributed by atoms with Crippen molar-refractivity contribution >= 4 is 33.5 Å². The number of carbonyl (C=O) groups is 2. The Morgan fingerprint density at radius 1 is 0.758 bits per heavy atom. The molecule has 0 aliphatic rings. The highest BCUT2D eigenvalue weighted by molar-refractivity contribution is 7.84. The lowest BCUT2D eigenvalue weighted by atomic mass is 10.2. The second-order valence-corrected chi connectivity index (χ2v) is 9.73. The Labute approximate surface area is 198 Å². The largest absolute Gasteiger partial charge is 0.481 e. The third kappa shape index (κ3) is 17.8. The van der Waals surface area contributed by atoms with Crippen molar-refractivity contribution in [3.63, 3.8) is 0 Å². The van der Waals surface area contributed by atoms with E-state index in [1.807, 2.05) is 60.7 Å². The summed E-state index contributed by atoms with van der Waals surface area (Å²) < 4.78 is 22.5. The molecular formula is C22H32N2O7S2. The predicted octanol–water partition coefficient (Wildman–Crippen LogP) is 0.695. The van der Waals surface area contributed by atoms with Crippen LogP contribution < -0.4 is 11.5 Å². The molecule has 11 heteroatoms. The Hall–Kier alpha value is -2.44. The summed E-state index contributed by atoms with van der Waals surface area (Å²) in [6, 6.07) is 19.6. The standard InChI is InChI=1S/2C9H13NOS.C4H6O5/c2*10-6-7-12(11)8-9-4-2-1-3-5-9;5-2(4(8)9)1-3(6)7/h2*1-5H,6-8,10H2;2,5H,1H2,(H,6,7)(H,8,9). The molecule has 3 atom stereocenters. The zero-order valence-electron chi connectivity index (χ0n) is 18.2. The van der Waals surface area contributed by atoms with E-state index in [2.05, 4.69) is 0 Å². The van der Waals surface area contributed by atoms with Gasteiger partial charge >= 0.3 is 11.9 Å². The van der Waals surface area contributed by atoms with Crippen LogP contribution in [0.1, 0.15) is 17.5 Å². The summed E-state index contributed by atoms with van der Waals surface area (Å²) >= 11 is 0. The minimum Gasteiger partial charge on any atom is -0.481 e. The number of hydrogen-bond donors (Lipinski definition) is 5. The molecule has 33 heavy (non-hydrogen) atoms. The van der Waals surface area contributed by atoms with E-state index in [1.165, 1.54) is 0 Å². The SMILES string of the molecule is NCCS(=O)Cc1ccccc1.NCCS(=O)Cc1ccccc1.O=C(O)CC(O)C(=O)O. The third-order valence-electron chi connectivity index (χ3n) is 3.69. The number of nitrogens with two attached hydrogens (primary N) is 2. The topological polar surface area (TPSA) is 181 Å². The van der Waals surface area contributed by atoms with E-state index in [1.54, 1.807) is 0 Å². The highest BCUT2D eigenvalue weighted by Gasteiger charge is 2.16. The number of benzene rings is 2. The van der Waals surface area contributed by atoms with Crippen molar-refractivity contribution in [2.75, 3.05) is 24.6 Å². The van der Waals surface area contributed by atoms with E-state index >= 15 is 0 Å². The maximum atomic E-state index is 11.2. The van der Waals surface area contributed by atoms with Crippen LogP contribution in [0.5, 0.6) is 0 Å². The molecule has 7 N–H and O–H groups in total. The summed E-state index contributed by atoms with van der Waals surface area (Å²) in [4.78, 5) is 19.4. The van der Waals surface area contributed by atoms with Crippen molar-refractivity contribution in [1.29, 1.82) is 0 Å². The van der Waals surface area contributed by atoms with Gasteiger partial charge in [0.25, 0.3) is 0 Å². The van der Waals surface area contributed by atoms with Crippen LogP contribution in [0.3, 0.4) is 0 Å². The Kier molecular flexibility index (Phi) is 17.7. The van der Waals surface area contributed by atoms with E-state index in [9.17, 15) is 18.0 Å². The van der Waals surface area contributed by atoms with Gasteiger partial charge in [-0.25, -0.2) is 4.79 Å². The van der Waals surface area contributed by atoms with Crippen molar-refractivity contribution in [3.8, 4) is 0 Å². The Morgan fingerprint density at radius 2 is 1.12 bits per heavy atom. The highest BCUT2D eigenvalue weighted by Crippen LogP contribution is 2.03. The van der Waals surface area contributed by atoms with Gasteiger partial charge in [0.05, 0.1) is 6.42 Å². The number of rotatable bonds is 11. The number of carboxylic acids is 2. The smallest absolute Gasteiger partial charge is 0.333 e. The molecule has 184 valence electrons. The minimum atomic E-state index is -1.79. The van der Waals surface area contributed by atoms with Crippen LogP contribution in [-0.2, 0) is 42.7 Å². The fraction of sp³-hybridized carbons (Fsp3) is 0.364. The summed E-state index contributed by atoms with van der Waals surface area (Å²) in [6.45, 7) is 0.999. The molecule has 0 fully saturated rings. The highest BCUT2D eigenvalue weighted by atomic mass is 32.2. The summed E-state index contributed by atoms with van der Waals surface area (Å²) in [6.07, 6.45) is -2.54. The lowest BCUT2D eigenvalue weighted by molar-refractivity contribution is -0.152. The van der Waals surface area contributed by atoms with E-state index in [4.69, 9.17) is 26.8 Å². The van der Waals surface area contributed by atoms with Crippen LogP contribution in [-0.4, -0.2) is 66.4 Å². The second-order valence-electron chi connectivity index (χ2n) is 6.58. The molecule has 2 aromatic carbocycles. The molecule has 0 bridgehead atoms. The molecule has 0 aromatic heterocycles. The fourth-order valence-corrected chi connectivity index (χ4v) is 4.12. The van der Waals surface area contributed by atoms with Crippen LogP contribution in [0.25, 0.3) is 0 Å². The third-order valence-corrected chi connectivity index (χ3v) is 6.38. The predicted molar refractivity (Wildman–Crippen MR) is 130 cm³/mol. The number of carboxylic acid groups (broad SMARTS) is 2. The van der Waals surface area contributed by atoms with Gasteiger partial charge in [-0.1, -0.05) is 60.7 Å². The number of aliphatic hydroxyl groups is 1. The average molecular weight is 501 g/mol. The van der Waals surface area contributed by atoms with Gasteiger partial charge in [-0.3, -0.25) is 13.2 Å². The first kappa shape index (κ1) is 30.6. The Morgan fingerprint density at radius 3 is 1.36 bits per heavy atom. The lowest BCUT2D eigenvalue weighted by Crippen LogP contribution is -2.22. The Bertz CT molecular complexity index is 797. The molecule has 0 radical (unpaired) electrons. The number of aliphatic carboxylic acids is 2. The molecule has 3 unspecified atom stereocenters. The van der Waals surface area contributed by atoms with Crippen LogP contribution in [0.15, 0.2) is 60.7 Å². The van der Waals surface area contributed by atoms with Crippen molar-refractivity contribution in [3.05, 3.63) is 71.8 Å². The molecule has 0 saturated carbocycles. The van der Waals surface area contributed by atoms with Gasteiger partial charge in [-0.05, 0) is 11.1 Å². The molecule has 0 aliphatic carbocycles. The molecular weight excluding hydrogens is 468 g/mol. The molecule has 0 heterocycles. The van der Waals surface area contributed by atoms with Crippen molar-refractivity contribution in [2.45, 2.75) is 24.0 Å². The van der Waals surface area contributed by atoms with Gasteiger partial charge in [0.2, 0.25) is 0 Å². The van der Waals surface area contributed by atoms with Crippen molar-refractivity contribution < 1.29 is 33.3 Å². The molecule has 2 rings (SSSR count). The molecule has 0 aliphatic heterocycles. The average Bonchev–Trinajstić information content (AvgIpc) is 2.76. The lowest BCUT2D eigenvalue weighted by Gasteiger charge is -1.99. The van der Waals surface area contributed by atoms with Gasteiger partial charge < -0.3 is 26.8 Å². The van der Waals surface area contributed by atoms with Gasteiger partial charge in [0.1, 0.15) is 0 Å². The maximum Gasteiger partial charge on any atom is 0.333 e. The zero-order valence-corrected chi connectivity index (χ0v) is 19.9. The first-order valence-corrected chi connectivity index (χ1v) is 13.0. The van der Waals surface area contributed by atoms with Crippen molar-refractivity contribution in [1.82, 2.24) is 0 Å². The van der Waals surface area contributed by atoms with E-state index in [0.29, 0.717) is 36.1 Å². The molecule has 0 amide bonds. The maximum absolute atomic E-state index is 11.2. The number of hydrogen-bond acceptors (Lipinski definition) is 7. The van der Waals surface area contributed by atoms with Gasteiger partial charge in [-0.2, -0.15) is 0 Å². The van der Waals surface area contributed by atoms with Gasteiger partial charge in [0.15, 0.2) is 6.10 Å². The fourth-order valence-electron chi connectivity index (χ4n) is 2.18. The molecule has 2 aromatic rings. The van der Waals surface area contributed by atoms with Crippen LogP contribution >= 0.6 is 0 Å². The minimum absolute atomic E-state index is 0.499. The summed E-state index contributed by atoms with van der Waals surface area (Å²) in [5, 5.41) is 24.1. The zero-order chi connectivity index (χ0) is 25.1. The van der Waals surface area contributed by atoms with Crippen LogP contribution in [0.4, 0.5) is 0 Å².